The Hall–Kier alpha value is -1.59. The lowest BCUT2D eigenvalue weighted by atomic mass is 10.1. The van der Waals surface area contributed by atoms with Gasteiger partial charge in [0.2, 0.25) is 0 Å². The standard InChI is InChI=1S/C14H22N2O3/c1-14(2,3)16-13(18)19-12-6-4-5-10(8-12)7-11(15)9-17/h4-6,8,11,17H,7,9,15H2,1-3H3,(H,16,18)/t11-/m0/s1. The molecule has 5 nitrogen and oxygen atoms in total. The van der Waals surface area contributed by atoms with Crippen LogP contribution in [0, 0.1) is 0 Å². The number of hydrogen-bond acceptors (Lipinski definition) is 4. The molecule has 19 heavy (non-hydrogen) atoms. The van der Waals surface area contributed by atoms with Crippen molar-refractivity contribution in [2.45, 2.75) is 38.8 Å². The molecular weight excluding hydrogens is 244 g/mol. The third-order valence-electron chi connectivity index (χ3n) is 2.32. The fraction of sp³-hybridized carbons (Fsp3) is 0.500. The highest BCUT2D eigenvalue weighted by Crippen LogP contribution is 2.15. The largest absolute Gasteiger partial charge is 0.413 e. The lowest BCUT2D eigenvalue weighted by Crippen LogP contribution is -2.42. The van der Waals surface area contributed by atoms with E-state index >= 15 is 0 Å². The van der Waals surface area contributed by atoms with Crippen LogP contribution in [0.3, 0.4) is 0 Å². The SMILES string of the molecule is CC(C)(C)NC(=O)Oc1cccc(C[C@H](N)CO)c1. The average molecular weight is 266 g/mol. The zero-order valence-corrected chi connectivity index (χ0v) is 11.6. The monoisotopic (exact) mass is 266 g/mol. The van der Waals surface area contributed by atoms with Crippen LogP contribution >= 0.6 is 0 Å². The second-order valence-corrected chi connectivity index (χ2v) is 5.56. The quantitative estimate of drug-likeness (QED) is 0.769. The molecule has 0 fully saturated rings. The van der Waals surface area contributed by atoms with Gasteiger partial charge >= 0.3 is 6.09 Å². The maximum absolute atomic E-state index is 11.6. The van der Waals surface area contributed by atoms with Crippen LogP contribution in [0.1, 0.15) is 26.3 Å². The van der Waals surface area contributed by atoms with Gasteiger partial charge in [0.15, 0.2) is 0 Å². The van der Waals surface area contributed by atoms with Crippen molar-refractivity contribution >= 4 is 6.09 Å². The van der Waals surface area contributed by atoms with Gasteiger partial charge in [-0.15, -0.1) is 0 Å². The molecule has 1 atom stereocenters. The first-order valence-corrected chi connectivity index (χ1v) is 6.25. The van der Waals surface area contributed by atoms with E-state index in [2.05, 4.69) is 5.32 Å². The van der Waals surface area contributed by atoms with Gasteiger partial charge in [-0.1, -0.05) is 12.1 Å². The Balaban J connectivity index is 2.64. The van der Waals surface area contributed by atoms with Crippen LogP contribution in [0.25, 0.3) is 0 Å². The predicted octanol–water partition coefficient (Wildman–Crippen LogP) is 1.44. The zero-order valence-electron chi connectivity index (χ0n) is 11.6. The van der Waals surface area contributed by atoms with Gasteiger partial charge in [0.1, 0.15) is 5.75 Å². The molecular formula is C14H22N2O3. The number of aliphatic hydroxyl groups is 1. The number of benzene rings is 1. The Morgan fingerprint density at radius 1 is 1.47 bits per heavy atom. The topological polar surface area (TPSA) is 84.6 Å². The minimum atomic E-state index is -0.490. The minimum absolute atomic E-state index is 0.0738. The molecule has 106 valence electrons. The van der Waals surface area contributed by atoms with Crippen LogP contribution in [-0.4, -0.2) is 29.4 Å². The summed E-state index contributed by atoms with van der Waals surface area (Å²) in [7, 11) is 0. The highest BCUT2D eigenvalue weighted by atomic mass is 16.6. The van der Waals surface area contributed by atoms with Gasteiger partial charge in [0, 0.05) is 11.6 Å². The maximum atomic E-state index is 11.6. The fourth-order valence-corrected chi connectivity index (χ4v) is 1.54. The highest BCUT2D eigenvalue weighted by Gasteiger charge is 2.15. The molecule has 0 bridgehead atoms. The number of carbonyl (C=O) groups is 1. The van der Waals surface area contributed by atoms with E-state index in [-0.39, 0.29) is 18.2 Å². The van der Waals surface area contributed by atoms with Crippen molar-refractivity contribution < 1.29 is 14.6 Å². The lowest BCUT2D eigenvalue weighted by Gasteiger charge is -2.20. The van der Waals surface area contributed by atoms with Crippen LogP contribution in [0.4, 0.5) is 4.79 Å². The second-order valence-electron chi connectivity index (χ2n) is 5.56. The molecule has 0 unspecified atom stereocenters. The van der Waals surface area contributed by atoms with Crippen molar-refractivity contribution in [1.82, 2.24) is 5.32 Å². The number of nitrogens with two attached hydrogens (primary N) is 1. The van der Waals surface area contributed by atoms with E-state index in [1.807, 2.05) is 26.8 Å². The second kappa shape index (κ2) is 6.54. The van der Waals surface area contributed by atoms with E-state index in [0.717, 1.165) is 5.56 Å². The Kier molecular flexibility index (Phi) is 5.32. The van der Waals surface area contributed by atoms with Crippen LogP contribution in [0.5, 0.6) is 5.75 Å². The number of carbonyl (C=O) groups excluding carboxylic acids is 1. The first-order valence-electron chi connectivity index (χ1n) is 6.25. The van der Waals surface area contributed by atoms with Crippen molar-refractivity contribution in [2.24, 2.45) is 5.73 Å². The number of nitrogens with one attached hydrogen (secondary N) is 1. The van der Waals surface area contributed by atoms with Gasteiger partial charge in [0.25, 0.3) is 0 Å². The first-order chi connectivity index (χ1) is 8.80. The van der Waals surface area contributed by atoms with Crippen LogP contribution in [0.15, 0.2) is 24.3 Å². The summed E-state index contributed by atoms with van der Waals surface area (Å²) in [5, 5.41) is 11.6. The van der Waals surface area contributed by atoms with Crippen LogP contribution in [-0.2, 0) is 6.42 Å². The molecule has 1 aromatic rings. The van der Waals surface area contributed by atoms with Gasteiger partial charge in [-0.3, -0.25) is 0 Å². The maximum Gasteiger partial charge on any atom is 0.413 e. The molecule has 0 saturated carbocycles. The Labute approximate surface area is 113 Å². The Morgan fingerprint density at radius 3 is 2.74 bits per heavy atom. The van der Waals surface area contributed by atoms with Gasteiger partial charge in [-0.05, 0) is 44.9 Å². The summed E-state index contributed by atoms with van der Waals surface area (Å²) in [5.74, 6) is 0.462. The molecule has 0 radical (unpaired) electrons. The molecule has 0 aromatic heterocycles. The van der Waals surface area contributed by atoms with Crippen molar-refractivity contribution in [2.75, 3.05) is 6.61 Å². The molecule has 0 saturated heterocycles. The third kappa shape index (κ3) is 6.22. The molecule has 0 aliphatic carbocycles. The van der Waals surface area contributed by atoms with E-state index in [9.17, 15) is 4.79 Å². The van der Waals surface area contributed by atoms with Crippen molar-refractivity contribution in [3.05, 3.63) is 29.8 Å². The molecule has 0 aliphatic heterocycles. The molecule has 5 heteroatoms. The molecule has 4 N–H and O–H groups in total. The first kappa shape index (κ1) is 15.5. The highest BCUT2D eigenvalue weighted by molar-refractivity contribution is 5.71. The van der Waals surface area contributed by atoms with Crippen LogP contribution in [0.2, 0.25) is 0 Å². The van der Waals surface area contributed by atoms with E-state index in [1.165, 1.54) is 0 Å². The van der Waals surface area contributed by atoms with E-state index in [1.54, 1.807) is 18.2 Å². The summed E-state index contributed by atoms with van der Waals surface area (Å²) in [6.07, 6.45) is 0.0466. The molecule has 0 heterocycles. The third-order valence-corrected chi connectivity index (χ3v) is 2.32. The zero-order chi connectivity index (χ0) is 14.5. The molecule has 1 rings (SSSR count). The Morgan fingerprint density at radius 2 is 2.16 bits per heavy atom. The van der Waals surface area contributed by atoms with E-state index in [0.29, 0.717) is 12.2 Å². The molecule has 0 aliphatic rings. The number of hydrogen-bond donors (Lipinski definition) is 3. The number of rotatable bonds is 4. The normalized spacial score (nSPS) is 12.9. The molecule has 1 amide bonds. The number of ether oxygens (including phenoxy) is 1. The van der Waals surface area contributed by atoms with Crippen molar-refractivity contribution in [3.63, 3.8) is 0 Å². The summed E-state index contributed by atoms with van der Waals surface area (Å²) in [6.45, 7) is 5.57. The summed E-state index contributed by atoms with van der Waals surface area (Å²) in [6, 6.07) is 6.82. The van der Waals surface area contributed by atoms with E-state index < -0.39 is 6.09 Å². The molecule has 1 aromatic carbocycles. The van der Waals surface area contributed by atoms with Crippen LogP contribution < -0.4 is 15.8 Å². The summed E-state index contributed by atoms with van der Waals surface area (Å²) in [5.41, 5.74) is 6.25. The fourth-order valence-electron chi connectivity index (χ4n) is 1.54. The van der Waals surface area contributed by atoms with Gasteiger partial charge in [-0.2, -0.15) is 0 Å². The van der Waals surface area contributed by atoms with Crippen molar-refractivity contribution in [3.8, 4) is 5.75 Å². The summed E-state index contributed by atoms with van der Waals surface area (Å²) >= 11 is 0. The predicted molar refractivity (Wildman–Crippen MR) is 74.1 cm³/mol. The summed E-state index contributed by atoms with van der Waals surface area (Å²) < 4.78 is 5.19. The smallest absolute Gasteiger partial charge is 0.410 e. The van der Waals surface area contributed by atoms with Gasteiger partial charge < -0.3 is 20.9 Å². The average Bonchev–Trinajstić information content (AvgIpc) is 2.26. The van der Waals surface area contributed by atoms with Gasteiger partial charge in [0.05, 0.1) is 6.61 Å². The number of aliphatic hydroxyl groups excluding tert-OH is 1. The number of amides is 1. The lowest BCUT2D eigenvalue weighted by molar-refractivity contribution is 0.190. The minimum Gasteiger partial charge on any atom is -0.410 e. The Bertz CT molecular complexity index is 427. The van der Waals surface area contributed by atoms with E-state index in [4.69, 9.17) is 15.6 Å². The molecule has 0 spiro atoms. The van der Waals surface area contributed by atoms with Crippen molar-refractivity contribution in [1.29, 1.82) is 0 Å². The summed E-state index contributed by atoms with van der Waals surface area (Å²) in [4.78, 5) is 11.6. The van der Waals surface area contributed by atoms with Gasteiger partial charge in [-0.25, -0.2) is 4.79 Å².